The van der Waals surface area contributed by atoms with Crippen molar-refractivity contribution in [3.63, 3.8) is 0 Å². The van der Waals surface area contributed by atoms with Gasteiger partial charge in [-0.2, -0.15) is 0 Å². The number of carbonyl (C=O) groups excluding carboxylic acids is 1. The Morgan fingerprint density at radius 3 is 3.12 bits per heavy atom. The minimum Gasteiger partial charge on any atom is -0.493 e. The summed E-state index contributed by atoms with van der Waals surface area (Å²) >= 11 is 0. The fourth-order valence-corrected chi connectivity index (χ4v) is 2.25. The predicted molar refractivity (Wildman–Crippen MR) is 59.5 cm³/mol. The highest BCUT2D eigenvalue weighted by molar-refractivity contribution is 5.76. The summed E-state index contributed by atoms with van der Waals surface area (Å²) in [4.78, 5) is 11.1. The van der Waals surface area contributed by atoms with E-state index in [0.29, 0.717) is 6.54 Å². The van der Waals surface area contributed by atoms with Crippen molar-refractivity contribution in [2.75, 3.05) is 13.2 Å². The number of carbonyl (C=O) groups is 1. The molecule has 16 heavy (non-hydrogen) atoms. The SMILES string of the molecule is O=C1NCC(c2ccc3c(c2)CCCO3)N1. The van der Waals surface area contributed by atoms with Crippen LogP contribution in [0.2, 0.25) is 0 Å². The monoisotopic (exact) mass is 218 g/mol. The van der Waals surface area contributed by atoms with E-state index in [4.69, 9.17) is 4.74 Å². The lowest BCUT2D eigenvalue weighted by molar-refractivity contribution is 0.247. The van der Waals surface area contributed by atoms with Crippen molar-refractivity contribution >= 4 is 6.03 Å². The van der Waals surface area contributed by atoms with Crippen molar-refractivity contribution in [3.8, 4) is 5.75 Å². The molecular formula is C12H14N2O2. The fourth-order valence-electron chi connectivity index (χ4n) is 2.25. The summed E-state index contributed by atoms with van der Waals surface area (Å²) in [6.07, 6.45) is 2.14. The number of urea groups is 1. The minimum absolute atomic E-state index is 0.0843. The summed E-state index contributed by atoms with van der Waals surface area (Å²) < 4.78 is 5.56. The van der Waals surface area contributed by atoms with Crippen molar-refractivity contribution < 1.29 is 9.53 Å². The van der Waals surface area contributed by atoms with E-state index >= 15 is 0 Å². The first kappa shape index (κ1) is 9.51. The number of hydrogen-bond acceptors (Lipinski definition) is 2. The Morgan fingerprint density at radius 2 is 2.31 bits per heavy atom. The van der Waals surface area contributed by atoms with Crippen LogP contribution in [-0.4, -0.2) is 19.2 Å². The average molecular weight is 218 g/mol. The summed E-state index contributed by atoms with van der Waals surface area (Å²) in [7, 11) is 0. The molecule has 0 radical (unpaired) electrons. The first-order valence-electron chi connectivity index (χ1n) is 5.63. The van der Waals surface area contributed by atoms with Crippen LogP contribution in [0.3, 0.4) is 0 Å². The van der Waals surface area contributed by atoms with E-state index in [2.05, 4.69) is 16.7 Å². The number of rotatable bonds is 1. The molecule has 0 bridgehead atoms. The summed E-state index contributed by atoms with van der Waals surface area (Å²) in [6.45, 7) is 1.48. The number of amides is 2. The molecule has 2 aliphatic rings. The Labute approximate surface area is 94.0 Å². The number of hydrogen-bond donors (Lipinski definition) is 2. The molecule has 4 heteroatoms. The zero-order valence-electron chi connectivity index (χ0n) is 8.95. The number of aryl methyl sites for hydroxylation is 1. The van der Waals surface area contributed by atoms with Crippen LogP contribution < -0.4 is 15.4 Å². The van der Waals surface area contributed by atoms with Crippen LogP contribution in [0.1, 0.15) is 23.6 Å². The van der Waals surface area contributed by atoms with Gasteiger partial charge in [0.2, 0.25) is 0 Å². The lowest BCUT2D eigenvalue weighted by Gasteiger charge is -2.19. The van der Waals surface area contributed by atoms with Gasteiger partial charge in [-0.3, -0.25) is 0 Å². The van der Waals surface area contributed by atoms with E-state index in [1.165, 1.54) is 5.56 Å². The topological polar surface area (TPSA) is 50.4 Å². The predicted octanol–water partition coefficient (Wildman–Crippen LogP) is 1.37. The Balaban J connectivity index is 1.88. The largest absolute Gasteiger partial charge is 0.493 e. The summed E-state index contributed by atoms with van der Waals surface area (Å²) in [5.41, 5.74) is 2.41. The molecule has 2 heterocycles. The van der Waals surface area contributed by atoms with Gasteiger partial charge in [0, 0.05) is 6.54 Å². The van der Waals surface area contributed by atoms with Crippen LogP contribution in [0.4, 0.5) is 4.79 Å². The summed E-state index contributed by atoms with van der Waals surface area (Å²) in [5, 5.41) is 5.65. The Kier molecular flexibility index (Phi) is 2.20. The molecule has 3 rings (SSSR count). The number of ether oxygens (including phenoxy) is 1. The average Bonchev–Trinajstić information content (AvgIpc) is 2.75. The van der Waals surface area contributed by atoms with Crippen molar-refractivity contribution in [2.45, 2.75) is 18.9 Å². The molecule has 0 aromatic heterocycles. The van der Waals surface area contributed by atoms with Gasteiger partial charge in [-0.1, -0.05) is 6.07 Å². The molecule has 0 saturated carbocycles. The van der Waals surface area contributed by atoms with Crippen molar-refractivity contribution in [1.82, 2.24) is 10.6 Å². The van der Waals surface area contributed by atoms with E-state index in [1.807, 2.05) is 12.1 Å². The zero-order valence-corrected chi connectivity index (χ0v) is 8.95. The molecule has 1 unspecified atom stereocenters. The maximum Gasteiger partial charge on any atom is 0.315 e. The molecule has 2 amide bonds. The lowest BCUT2D eigenvalue weighted by Crippen LogP contribution is -2.21. The molecule has 1 aromatic carbocycles. The maximum atomic E-state index is 11.1. The third kappa shape index (κ3) is 1.60. The van der Waals surface area contributed by atoms with E-state index in [1.54, 1.807) is 0 Å². The minimum atomic E-state index is -0.0843. The van der Waals surface area contributed by atoms with Gasteiger partial charge in [-0.15, -0.1) is 0 Å². The van der Waals surface area contributed by atoms with E-state index in [-0.39, 0.29) is 12.1 Å². The van der Waals surface area contributed by atoms with Gasteiger partial charge >= 0.3 is 6.03 Å². The Hall–Kier alpha value is -1.71. The maximum absolute atomic E-state index is 11.1. The molecule has 0 aliphatic carbocycles. The quantitative estimate of drug-likeness (QED) is 0.748. The molecule has 0 spiro atoms. The Morgan fingerprint density at radius 1 is 1.38 bits per heavy atom. The molecular weight excluding hydrogens is 204 g/mol. The molecule has 2 aliphatic heterocycles. The standard InChI is InChI=1S/C12H14N2O2/c15-12-13-7-10(14-12)8-3-4-11-9(6-8)2-1-5-16-11/h3-4,6,10H,1-2,5,7H2,(H2,13,14,15). The second kappa shape index (κ2) is 3.70. The van der Waals surface area contributed by atoms with Crippen LogP contribution in [-0.2, 0) is 6.42 Å². The summed E-state index contributed by atoms with van der Waals surface area (Å²) in [6, 6.07) is 6.20. The second-order valence-corrected chi connectivity index (χ2v) is 4.23. The van der Waals surface area contributed by atoms with Crippen LogP contribution >= 0.6 is 0 Å². The molecule has 4 nitrogen and oxygen atoms in total. The molecule has 2 N–H and O–H groups in total. The van der Waals surface area contributed by atoms with Crippen molar-refractivity contribution in [3.05, 3.63) is 29.3 Å². The smallest absolute Gasteiger partial charge is 0.315 e. The van der Waals surface area contributed by atoms with Crippen LogP contribution in [0.15, 0.2) is 18.2 Å². The lowest BCUT2D eigenvalue weighted by atomic mass is 10.00. The number of nitrogens with one attached hydrogen (secondary N) is 2. The first-order valence-corrected chi connectivity index (χ1v) is 5.63. The third-order valence-electron chi connectivity index (χ3n) is 3.11. The summed E-state index contributed by atoms with van der Waals surface area (Å²) in [5.74, 6) is 0.993. The van der Waals surface area contributed by atoms with Crippen LogP contribution in [0.5, 0.6) is 5.75 Å². The van der Waals surface area contributed by atoms with Gasteiger partial charge in [0.25, 0.3) is 0 Å². The van der Waals surface area contributed by atoms with Crippen molar-refractivity contribution in [2.24, 2.45) is 0 Å². The highest BCUT2D eigenvalue weighted by Gasteiger charge is 2.22. The highest BCUT2D eigenvalue weighted by Crippen LogP contribution is 2.28. The third-order valence-corrected chi connectivity index (χ3v) is 3.11. The number of fused-ring (bicyclic) bond motifs is 1. The molecule has 1 aromatic rings. The number of benzene rings is 1. The van der Waals surface area contributed by atoms with E-state index in [0.717, 1.165) is 30.8 Å². The van der Waals surface area contributed by atoms with Gasteiger partial charge in [0.1, 0.15) is 5.75 Å². The van der Waals surface area contributed by atoms with E-state index in [9.17, 15) is 4.79 Å². The molecule has 1 saturated heterocycles. The Bertz CT molecular complexity index is 431. The van der Waals surface area contributed by atoms with Gasteiger partial charge < -0.3 is 15.4 Å². The van der Waals surface area contributed by atoms with Gasteiger partial charge in [0.05, 0.1) is 12.6 Å². The zero-order chi connectivity index (χ0) is 11.0. The van der Waals surface area contributed by atoms with E-state index < -0.39 is 0 Å². The normalized spacial score (nSPS) is 23.0. The van der Waals surface area contributed by atoms with Crippen LogP contribution in [0.25, 0.3) is 0 Å². The highest BCUT2D eigenvalue weighted by atomic mass is 16.5. The molecule has 1 atom stereocenters. The molecule has 84 valence electrons. The fraction of sp³-hybridized carbons (Fsp3) is 0.417. The van der Waals surface area contributed by atoms with Crippen LogP contribution in [0, 0.1) is 0 Å². The van der Waals surface area contributed by atoms with Gasteiger partial charge in [-0.05, 0) is 36.1 Å². The van der Waals surface area contributed by atoms with Crippen molar-refractivity contribution in [1.29, 1.82) is 0 Å². The first-order chi connectivity index (χ1) is 7.83. The van der Waals surface area contributed by atoms with Gasteiger partial charge in [-0.25, -0.2) is 4.79 Å². The van der Waals surface area contributed by atoms with Gasteiger partial charge in [0.15, 0.2) is 0 Å². The molecule has 1 fully saturated rings. The second-order valence-electron chi connectivity index (χ2n) is 4.23.